The van der Waals surface area contributed by atoms with Gasteiger partial charge in [0.1, 0.15) is 5.75 Å². The van der Waals surface area contributed by atoms with Crippen LogP contribution in [0, 0.1) is 0 Å². The van der Waals surface area contributed by atoms with Crippen LogP contribution in [-0.2, 0) is 0 Å². The van der Waals surface area contributed by atoms with Crippen molar-refractivity contribution in [1.29, 1.82) is 0 Å². The van der Waals surface area contributed by atoms with Gasteiger partial charge in [-0.15, -0.1) is 0 Å². The Bertz CT molecular complexity index is 240. The van der Waals surface area contributed by atoms with Gasteiger partial charge in [0, 0.05) is 6.54 Å². The Morgan fingerprint density at radius 2 is 1.69 bits per heavy atom. The van der Waals surface area contributed by atoms with E-state index in [0.29, 0.717) is 0 Å². The van der Waals surface area contributed by atoms with Gasteiger partial charge in [0.05, 0.1) is 12.3 Å². The lowest BCUT2D eigenvalue weighted by atomic mass is 10.3. The van der Waals surface area contributed by atoms with E-state index in [1.807, 2.05) is 24.3 Å². The average molecular weight is 220 g/mol. The number of nitrogens with zero attached hydrogens (tertiary/aromatic N) is 1. The summed E-state index contributed by atoms with van der Waals surface area (Å²) in [5.74, 6) is 0.947. The molecule has 2 nitrogen and oxygen atoms in total. The molecule has 1 aromatic carbocycles. The van der Waals surface area contributed by atoms with Crippen molar-refractivity contribution in [2.24, 2.45) is 0 Å². The normalized spacial score (nSPS) is 10.1. The largest absolute Gasteiger partial charge is 0.494 e. The van der Waals surface area contributed by atoms with Crippen molar-refractivity contribution >= 4 is 5.69 Å². The van der Waals surface area contributed by atoms with Gasteiger partial charge >= 0.3 is 0 Å². The summed E-state index contributed by atoms with van der Waals surface area (Å²) < 4.78 is 5.59. The molecule has 0 amide bonds. The zero-order valence-corrected chi connectivity index (χ0v) is 10.4. The fraction of sp³-hybridized carbons (Fsp3) is 0.571. The standard InChI is InChI=1S/C14H22NO/c1-3-5-11-15-13-7-9-14(10-8-13)16-12-6-4-2/h7-10H,3-6,11-12H2,1-2H3. The van der Waals surface area contributed by atoms with Crippen molar-refractivity contribution in [3.05, 3.63) is 24.3 Å². The summed E-state index contributed by atoms with van der Waals surface area (Å²) >= 11 is 0. The molecule has 1 aromatic rings. The number of unbranched alkanes of at least 4 members (excludes halogenated alkanes) is 2. The first-order valence-corrected chi connectivity index (χ1v) is 6.27. The van der Waals surface area contributed by atoms with Crippen molar-refractivity contribution < 1.29 is 4.74 Å². The van der Waals surface area contributed by atoms with Gasteiger partial charge in [0.15, 0.2) is 0 Å². The Hall–Kier alpha value is -1.18. The Morgan fingerprint density at radius 1 is 1.00 bits per heavy atom. The first-order chi connectivity index (χ1) is 7.86. The molecule has 2 heteroatoms. The molecule has 0 atom stereocenters. The third-order valence-corrected chi connectivity index (χ3v) is 2.41. The van der Waals surface area contributed by atoms with Crippen LogP contribution < -0.4 is 10.1 Å². The molecule has 1 radical (unpaired) electrons. The van der Waals surface area contributed by atoms with Crippen LogP contribution in [0.2, 0.25) is 0 Å². The predicted molar refractivity (Wildman–Crippen MR) is 68.4 cm³/mol. The third kappa shape index (κ3) is 5.06. The lowest BCUT2D eigenvalue weighted by molar-refractivity contribution is 0.309. The summed E-state index contributed by atoms with van der Waals surface area (Å²) in [5.41, 5.74) is 1.05. The van der Waals surface area contributed by atoms with Crippen molar-refractivity contribution in [2.45, 2.75) is 39.5 Å². The SMILES string of the molecule is CCCC[N]c1ccc(OCCCC)cc1. The second-order valence-electron chi connectivity index (χ2n) is 3.93. The minimum absolute atomic E-state index is 0.808. The summed E-state index contributed by atoms with van der Waals surface area (Å²) in [6.45, 7) is 6.08. The van der Waals surface area contributed by atoms with Crippen molar-refractivity contribution in [3.63, 3.8) is 0 Å². The Balaban J connectivity index is 2.30. The minimum Gasteiger partial charge on any atom is -0.494 e. The predicted octanol–water partition coefficient (Wildman–Crippen LogP) is 3.90. The summed E-state index contributed by atoms with van der Waals surface area (Å²) in [5, 5.41) is 4.48. The monoisotopic (exact) mass is 220 g/mol. The molecular formula is C14H22NO. The number of hydrogen-bond acceptors (Lipinski definition) is 1. The summed E-state index contributed by atoms with van der Waals surface area (Å²) in [6.07, 6.45) is 4.64. The van der Waals surface area contributed by atoms with Crippen LogP contribution in [0.3, 0.4) is 0 Å². The van der Waals surface area contributed by atoms with Gasteiger partial charge in [0.25, 0.3) is 0 Å². The molecule has 0 heterocycles. The van der Waals surface area contributed by atoms with Gasteiger partial charge < -0.3 is 4.74 Å². The molecule has 0 saturated carbocycles. The van der Waals surface area contributed by atoms with E-state index < -0.39 is 0 Å². The van der Waals surface area contributed by atoms with Crippen molar-refractivity contribution in [1.82, 2.24) is 5.32 Å². The van der Waals surface area contributed by atoms with Gasteiger partial charge in [-0.25, -0.2) is 0 Å². The molecule has 0 aliphatic carbocycles. The topological polar surface area (TPSA) is 23.3 Å². The second kappa shape index (κ2) is 8.03. The van der Waals surface area contributed by atoms with Gasteiger partial charge in [-0.1, -0.05) is 26.7 Å². The average Bonchev–Trinajstić information content (AvgIpc) is 2.32. The number of hydrogen-bond donors (Lipinski definition) is 0. The maximum atomic E-state index is 5.59. The number of benzene rings is 1. The van der Waals surface area contributed by atoms with E-state index >= 15 is 0 Å². The molecule has 16 heavy (non-hydrogen) atoms. The highest BCUT2D eigenvalue weighted by molar-refractivity contribution is 5.40. The van der Waals surface area contributed by atoms with E-state index in [-0.39, 0.29) is 0 Å². The highest BCUT2D eigenvalue weighted by atomic mass is 16.5. The molecule has 0 fully saturated rings. The first-order valence-electron chi connectivity index (χ1n) is 6.27. The molecule has 0 spiro atoms. The van der Waals surface area contributed by atoms with Crippen LogP contribution >= 0.6 is 0 Å². The minimum atomic E-state index is 0.808. The highest BCUT2D eigenvalue weighted by Crippen LogP contribution is 2.16. The Labute approximate surface area is 99.0 Å². The van der Waals surface area contributed by atoms with E-state index in [1.54, 1.807) is 0 Å². The fourth-order valence-electron chi connectivity index (χ4n) is 1.35. The first kappa shape index (κ1) is 12.9. The van der Waals surface area contributed by atoms with Crippen LogP contribution in [0.4, 0.5) is 5.69 Å². The van der Waals surface area contributed by atoms with Crippen LogP contribution in [0.1, 0.15) is 39.5 Å². The van der Waals surface area contributed by atoms with E-state index in [2.05, 4.69) is 19.2 Å². The summed E-state index contributed by atoms with van der Waals surface area (Å²) in [4.78, 5) is 0. The van der Waals surface area contributed by atoms with Crippen molar-refractivity contribution in [3.8, 4) is 5.75 Å². The molecule has 89 valence electrons. The number of ether oxygens (including phenoxy) is 1. The zero-order chi connectivity index (χ0) is 11.6. The Kier molecular flexibility index (Phi) is 6.47. The smallest absolute Gasteiger partial charge is 0.119 e. The van der Waals surface area contributed by atoms with Crippen LogP contribution in [0.15, 0.2) is 24.3 Å². The molecule has 0 N–H and O–H groups in total. The molecular weight excluding hydrogens is 198 g/mol. The van der Waals surface area contributed by atoms with E-state index in [4.69, 9.17) is 4.74 Å². The molecule has 0 bridgehead atoms. The summed E-state index contributed by atoms with van der Waals surface area (Å²) in [6, 6.07) is 8.05. The van der Waals surface area contributed by atoms with E-state index in [0.717, 1.165) is 37.4 Å². The van der Waals surface area contributed by atoms with Gasteiger partial charge in [0.2, 0.25) is 0 Å². The van der Waals surface area contributed by atoms with Crippen LogP contribution in [-0.4, -0.2) is 13.2 Å². The third-order valence-electron chi connectivity index (χ3n) is 2.41. The van der Waals surface area contributed by atoms with Crippen LogP contribution in [0.25, 0.3) is 0 Å². The molecule has 0 saturated heterocycles. The highest BCUT2D eigenvalue weighted by Gasteiger charge is 1.95. The fourth-order valence-corrected chi connectivity index (χ4v) is 1.35. The van der Waals surface area contributed by atoms with Gasteiger partial charge in [-0.3, -0.25) is 5.32 Å². The second-order valence-corrected chi connectivity index (χ2v) is 3.93. The Morgan fingerprint density at radius 3 is 2.31 bits per heavy atom. The zero-order valence-electron chi connectivity index (χ0n) is 10.4. The van der Waals surface area contributed by atoms with Gasteiger partial charge in [-0.2, -0.15) is 0 Å². The molecule has 0 unspecified atom stereocenters. The van der Waals surface area contributed by atoms with Crippen LogP contribution in [0.5, 0.6) is 5.75 Å². The molecule has 0 aliphatic heterocycles. The lowest BCUT2D eigenvalue weighted by Crippen LogP contribution is -2.00. The maximum absolute atomic E-state index is 5.59. The summed E-state index contributed by atoms with van der Waals surface area (Å²) in [7, 11) is 0. The maximum Gasteiger partial charge on any atom is 0.119 e. The van der Waals surface area contributed by atoms with E-state index in [9.17, 15) is 0 Å². The van der Waals surface area contributed by atoms with Crippen molar-refractivity contribution in [2.75, 3.05) is 13.2 Å². The van der Waals surface area contributed by atoms with E-state index in [1.165, 1.54) is 12.8 Å². The quantitative estimate of drug-likeness (QED) is 0.609. The molecule has 1 rings (SSSR count). The lowest BCUT2D eigenvalue weighted by Gasteiger charge is -2.06. The molecule has 0 aliphatic rings. The molecule has 0 aromatic heterocycles. The van der Waals surface area contributed by atoms with Gasteiger partial charge in [-0.05, 0) is 37.1 Å². The number of rotatable bonds is 8.